The minimum absolute atomic E-state index is 0.0638. The van der Waals surface area contributed by atoms with Gasteiger partial charge in [0.15, 0.2) is 5.82 Å². The molecule has 6 nitrogen and oxygen atoms in total. The molecule has 0 atom stereocenters. The van der Waals surface area contributed by atoms with E-state index in [0.717, 1.165) is 0 Å². The first-order chi connectivity index (χ1) is 9.35. The molecule has 1 aromatic carbocycles. The third-order valence-corrected chi connectivity index (χ3v) is 4.70. The van der Waals surface area contributed by atoms with Gasteiger partial charge in [-0.05, 0) is 12.1 Å². The molecule has 0 saturated heterocycles. The molecular formula is C11H8Cl2N4O2S. The van der Waals surface area contributed by atoms with Crippen molar-refractivity contribution >= 4 is 39.0 Å². The van der Waals surface area contributed by atoms with E-state index in [1.54, 1.807) is 7.05 Å². The molecule has 0 saturated carbocycles. The smallest absolute Gasteiger partial charge is 0.264 e. The maximum absolute atomic E-state index is 12.2. The van der Waals surface area contributed by atoms with E-state index in [1.807, 2.05) is 6.07 Å². The Balaban J connectivity index is 2.47. The van der Waals surface area contributed by atoms with Crippen molar-refractivity contribution in [3.63, 3.8) is 0 Å². The topological polar surface area (TPSA) is 87.8 Å². The Morgan fingerprint density at radius 1 is 1.40 bits per heavy atom. The number of nitrogens with one attached hydrogen (secondary N) is 1. The van der Waals surface area contributed by atoms with Gasteiger partial charge in [0.2, 0.25) is 0 Å². The Bertz CT molecular complexity index is 808. The van der Waals surface area contributed by atoms with Crippen LogP contribution in [0, 0.1) is 11.3 Å². The summed E-state index contributed by atoms with van der Waals surface area (Å²) in [6.07, 6.45) is 1.40. The highest BCUT2D eigenvalue weighted by Crippen LogP contribution is 2.30. The standard InChI is InChI=1S/C11H8Cl2N4O2S/c1-17-6-7(5-14)11(15-17)16-20(18,19)9-4-2-3-8(12)10(9)13/h2-4,6H,1H3,(H,15,16). The summed E-state index contributed by atoms with van der Waals surface area (Å²) in [5.41, 5.74) is 0.106. The highest BCUT2D eigenvalue weighted by molar-refractivity contribution is 7.92. The van der Waals surface area contributed by atoms with E-state index in [1.165, 1.54) is 29.1 Å². The predicted octanol–water partition coefficient (Wildman–Crippen LogP) is 2.40. The minimum Gasteiger partial charge on any atom is -0.272 e. The van der Waals surface area contributed by atoms with Crippen molar-refractivity contribution in [3.05, 3.63) is 40.0 Å². The van der Waals surface area contributed by atoms with E-state index < -0.39 is 10.0 Å². The van der Waals surface area contributed by atoms with Crippen LogP contribution in [0.15, 0.2) is 29.3 Å². The molecule has 9 heteroatoms. The lowest BCUT2D eigenvalue weighted by atomic mass is 10.4. The fourth-order valence-electron chi connectivity index (χ4n) is 1.52. The second kappa shape index (κ2) is 5.32. The fraction of sp³-hybridized carbons (Fsp3) is 0.0909. The molecule has 0 amide bonds. The molecule has 0 aliphatic carbocycles. The number of rotatable bonds is 3. The fourth-order valence-corrected chi connectivity index (χ4v) is 3.30. The summed E-state index contributed by atoms with van der Waals surface area (Å²) in [5.74, 6) is -0.0638. The predicted molar refractivity (Wildman–Crippen MR) is 75.2 cm³/mol. The number of hydrogen-bond acceptors (Lipinski definition) is 4. The number of nitrogens with zero attached hydrogens (tertiary/aromatic N) is 3. The second-order valence-corrected chi connectivity index (χ2v) is 6.27. The Morgan fingerprint density at radius 3 is 2.75 bits per heavy atom. The first-order valence-electron chi connectivity index (χ1n) is 5.25. The van der Waals surface area contributed by atoms with Gasteiger partial charge in [-0.1, -0.05) is 29.3 Å². The molecule has 0 aliphatic heterocycles. The highest BCUT2D eigenvalue weighted by atomic mass is 35.5. The number of anilines is 1. The van der Waals surface area contributed by atoms with Crippen LogP contribution < -0.4 is 4.72 Å². The van der Waals surface area contributed by atoms with Crippen molar-refractivity contribution in [2.45, 2.75) is 4.90 Å². The summed E-state index contributed by atoms with van der Waals surface area (Å²) in [4.78, 5) is -0.179. The van der Waals surface area contributed by atoms with Gasteiger partial charge in [0.05, 0.1) is 10.0 Å². The van der Waals surface area contributed by atoms with E-state index >= 15 is 0 Å². The maximum Gasteiger partial charge on any atom is 0.264 e. The van der Waals surface area contributed by atoms with Crippen LogP contribution in [0.4, 0.5) is 5.82 Å². The van der Waals surface area contributed by atoms with Crippen molar-refractivity contribution in [1.29, 1.82) is 5.26 Å². The van der Waals surface area contributed by atoms with Gasteiger partial charge in [-0.15, -0.1) is 0 Å². The van der Waals surface area contributed by atoms with Crippen LogP contribution in [0.3, 0.4) is 0 Å². The molecule has 104 valence electrons. The summed E-state index contributed by atoms with van der Waals surface area (Å²) < 4.78 is 28.0. The second-order valence-electron chi connectivity index (χ2n) is 3.83. The SMILES string of the molecule is Cn1cc(C#N)c(NS(=O)(=O)c2cccc(Cl)c2Cl)n1. The molecule has 1 N–H and O–H groups in total. The summed E-state index contributed by atoms with van der Waals surface area (Å²) in [6.45, 7) is 0. The lowest BCUT2D eigenvalue weighted by Gasteiger charge is -2.08. The Morgan fingerprint density at radius 2 is 2.10 bits per heavy atom. The largest absolute Gasteiger partial charge is 0.272 e. The molecule has 0 spiro atoms. The lowest BCUT2D eigenvalue weighted by molar-refractivity contribution is 0.601. The van der Waals surface area contributed by atoms with E-state index in [-0.39, 0.29) is 26.3 Å². The molecule has 0 bridgehead atoms. The van der Waals surface area contributed by atoms with Crippen LogP contribution in [-0.4, -0.2) is 18.2 Å². The number of halogens is 2. The zero-order valence-corrected chi connectivity index (χ0v) is 12.5. The molecule has 1 aromatic heterocycles. The summed E-state index contributed by atoms with van der Waals surface area (Å²) in [7, 11) is -2.40. The Labute approximate surface area is 125 Å². The Hall–Kier alpha value is -1.75. The van der Waals surface area contributed by atoms with Crippen LogP contribution >= 0.6 is 23.2 Å². The first kappa shape index (κ1) is 14.7. The number of nitriles is 1. The zero-order chi connectivity index (χ0) is 14.9. The van der Waals surface area contributed by atoms with Crippen LogP contribution in [-0.2, 0) is 17.1 Å². The number of sulfonamides is 1. The van der Waals surface area contributed by atoms with Crippen LogP contribution in [0.1, 0.15) is 5.56 Å². The number of hydrogen-bond donors (Lipinski definition) is 1. The minimum atomic E-state index is -3.98. The van der Waals surface area contributed by atoms with Gasteiger partial charge in [0, 0.05) is 13.2 Å². The summed E-state index contributed by atoms with van der Waals surface area (Å²) in [6, 6.07) is 6.10. The normalized spacial score (nSPS) is 11.1. The van der Waals surface area contributed by atoms with Crippen molar-refractivity contribution in [2.75, 3.05) is 4.72 Å². The third-order valence-electron chi connectivity index (χ3n) is 2.39. The van der Waals surface area contributed by atoms with Crippen molar-refractivity contribution in [1.82, 2.24) is 9.78 Å². The average molecular weight is 331 g/mol. The van der Waals surface area contributed by atoms with Gasteiger partial charge in [-0.2, -0.15) is 10.4 Å². The van der Waals surface area contributed by atoms with Gasteiger partial charge < -0.3 is 0 Å². The lowest BCUT2D eigenvalue weighted by Crippen LogP contribution is -2.14. The van der Waals surface area contributed by atoms with Gasteiger partial charge in [0.1, 0.15) is 16.5 Å². The van der Waals surface area contributed by atoms with Crippen molar-refractivity contribution < 1.29 is 8.42 Å². The molecule has 2 rings (SSSR count). The Kier molecular flexibility index (Phi) is 3.90. The van der Waals surface area contributed by atoms with Gasteiger partial charge in [0.25, 0.3) is 10.0 Å². The highest BCUT2D eigenvalue weighted by Gasteiger charge is 2.22. The van der Waals surface area contributed by atoms with Crippen LogP contribution in [0.2, 0.25) is 10.0 Å². The van der Waals surface area contributed by atoms with Crippen molar-refractivity contribution in [3.8, 4) is 6.07 Å². The molecule has 0 radical (unpaired) electrons. The number of benzene rings is 1. The van der Waals surface area contributed by atoms with E-state index in [2.05, 4.69) is 9.82 Å². The van der Waals surface area contributed by atoms with Gasteiger partial charge in [-0.25, -0.2) is 8.42 Å². The maximum atomic E-state index is 12.2. The van der Waals surface area contributed by atoms with Crippen LogP contribution in [0.5, 0.6) is 0 Å². The molecule has 20 heavy (non-hydrogen) atoms. The van der Waals surface area contributed by atoms with E-state index in [4.69, 9.17) is 28.5 Å². The monoisotopic (exact) mass is 330 g/mol. The molecular weight excluding hydrogens is 323 g/mol. The zero-order valence-electron chi connectivity index (χ0n) is 10.1. The van der Waals surface area contributed by atoms with Crippen LogP contribution in [0.25, 0.3) is 0 Å². The number of aromatic nitrogens is 2. The molecule has 2 aromatic rings. The van der Waals surface area contributed by atoms with Gasteiger partial charge >= 0.3 is 0 Å². The molecule has 0 aliphatic rings. The first-order valence-corrected chi connectivity index (χ1v) is 7.49. The van der Waals surface area contributed by atoms with Gasteiger partial charge in [-0.3, -0.25) is 9.40 Å². The van der Waals surface area contributed by atoms with E-state index in [0.29, 0.717) is 0 Å². The van der Waals surface area contributed by atoms with E-state index in [9.17, 15) is 8.42 Å². The average Bonchev–Trinajstić information content (AvgIpc) is 2.71. The molecule has 1 heterocycles. The van der Waals surface area contributed by atoms with Crippen molar-refractivity contribution in [2.24, 2.45) is 7.05 Å². The number of aryl methyl sites for hydroxylation is 1. The summed E-state index contributed by atoms with van der Waals surface area (Å²) in [5, 5.41) is 12.8. The summed E-state index contributed by atoms with van der Waals surface area (Å²) >= 11 is 11.7. The molecule has 0 fully saturated rings. The molecule has 0 unspecified atom stereocenters. The quantitative estimate of drug-likeness (QED) is 0.935. The third kappa shape index (κ3) is 2.72.